The topological polar surface area (TPSA) is 53.0 Å². The van der Waals surface area contributed by atoms with Crippen molar-refractivity contribution in [2.24, 2.45) is 5.73 Å². The summed E-state index contributed by atoms with van der Waals surface area (Å²) in [6.07, 6.45) is 2.11. The largest absolute Gasteiger partial charge is 0.371 e. The van der Waals surface area contributed by atoms with Crippen LogP contribution < -0.4 is 10.6 Å². The van der Waals surface area contributed by atoms with E-state index < -0.39 is 0 Å². The van der Waals surface area contributed by atoms with E-state index in [-0.39, 0.29) is 0 Å². The molecule has 2 rings (SSSR count). The molecule has 78 valence electrons. The van der Waals surface area contributed by atoms with Crippen molar-refractivity contribution in [2.45, 2.75) is 18.9 Å². The Labute approximate surface area is 90.1 Å². The second-order valence-corrected chi connectivity index (χ2v) is 3.98. The van der Waals surface area contributed by atoms with E-state index in [0.29, 0.717) is 11.6 Å². The second kappa shape index (κ2) is 4.33. The van der Waals surface area contributed by atoms with E-state index in [0.717, 1.165) is 25.9 Å². The van der Waals surface area contributed by atoms with Crippen molar-refractivity contribution in [1.29, 1.82) is 5.26 Å². The normalized spacial score (nSPS) is 17.5. The smallest absolute Gasteiger partial charge is 0.0991 e. The van der Waals surface area contributed by atoms with Gasteiger partial charge in [0, 0.05) is 24.8 Å². The molecule has 3 heteroatoms. The van der Waals surface area contributed by atoms with Crippen LogP contribution in [-0.4, -0.2) is 19.1 Å². The zero-order valence-electron chi connectivity index (χ0n) is 8.69. The van der Waals surface area contributed by atoms with E-state index in [1.165, 1.54) is 5.69 Å². The summed E-state index contributed by atoms with van der Waals surface area (Å²) in [5.41, 5.74) is 7.76. The zero-order valence-corrected chi connectivity index (χ0v) is 8.69. The van der Waals surface area contributed by atoms with Gasteiger partial charge in [0.05, 0.1) is 11.6 Å². The van der Waals surface area contributed by atoms with Gasteiger partial charge in [0.15, 0.2) is 0 Å². The Morgan fingerprint density at radius 3 is 2.33 bits per heavy atom. The first-order chi connectivity index (χ1) is 7.29. The summed E-state index contributed by atoms with van der Waals surface area (Å²) in [4.78, 5) is 2.32. The van der Waals surface area contributed by atoms with E-state index in [1.54, 1.807) is 0 Å². The Bertz CT molecular complexity index is 355. The van der Waals surface area contributed by atoms with Gasteiger partial charge in [-0.2, -0.15) is 5.26 Å². The van der Waals surface area contributed by atoms with Crippen LogP contribution in [0.4, 0.5) is 5.69 Å². The molecule has 0 atom stereocenters. The van der Waals surface area contributed by atoms with Crippen LogP contribution in [0.1, 0.15) is 18.4 Å². The molecule has 0 radical (unpaired) electrons. The maximum absolute atomic E-state index is 8.69. The first-order valence-corrected chi connectivity index (χ1v) is 5.30. The van der Waals surface area contributed by atoms with Gasteiger partial charge >= 0.3 is 0 Å². The number of nitrogens with zero attached hydrogens (tertiary/aromatic N) is 2. The summed E-state index contributed by atoms with van der Waals surface area (Å²) in [5, 5.41) is 8.69. The summed E-state index contributed by atoms with van der Waals surface area (Å²) in [6, 6.07) is 10.2. The summed E-state index contributed by atoms with van der Waals surface area (Å²) >= 11 is 0. The molecule has 1 aromatic rings. The van der Waals surface area contributed by atoms with Gasteiger partial charge in [-0.1, -0.05) is 0 Å². The molecule has 0 aromatic heterocycles. The lowest BCUT2D eigenvalue weighted by Gasteiger charge is -2.31. The second-order valence-electron chi connectivity index (χ2n) is 3.98. The third-order valence-corrected chi connectivity index (χ3v) is 2.90. The van der Waals surface area contributed by atoms with Crippen LogP contribution in [0, 0.1) is 11.3 Å². The highest BCUT2D eigenvalue weighted by molar-refractivity contribution is 5.49. The Balaban J connectivity index is 2.07. The number of nitriles is 1. The first-order valence-electron chi connectivity index (χ1n) is 5.30. The van der Waals surface area contributed by atoms with Gasteiger partial charge in [0.25, 0.3) is 0 Å². The lowest BCUT2D eigenvalue weighted by molar-refractivity contribution is 0.501. The minimum atomic E-state index is 0.361. The molecule has 1 aliphatic rings. The number of piperidine rings is 1. The SMILES string of the molecule is N#Cc1ccc(N2CCC(N)CC2)cc1. The predicted octanol–water partition coefficient (Wildman–Crippen LogP) is 1.49. The minimum Gasteiger partial charge on any atom is -0.371 e. The fourth-order valence-corrected chi connectivity index (χ4v) is 1.90. The van der Waals surface area contributed by atoms with Crippen LogP contribution in [0.3, 0.4) is 0 Å². The van der Waals surface area contributed by atoms with Gasteiger partial charge in [-0.3, -0.25) is 0 Å². The van der Waals surface area contributed by atoms with E-state index in [9.17, 15) is 0 Å². The predicted molar refractivity (Wildman–Crippen MR) is 60.6 cm³/mol. The molecular weight excluding hydrogens is 186 g/mol. The number of anilines is 1. The van der Waals surface area contributed by atoms with Crippen molar-refractivity contribution in [3.05, 3.63) is 29.8 Å². The highest BCUT2D eigenvalue weighted by Crippen LogP contribution is 2.19. The molecule has 2 N–H and O–H groups in total. The van der Waals surface area contributed by atoms with E-state index in [1.807, 2.05) is 24.3 Å². The summed E-state index contributed by atoms with van der Waals surface area (Å²) in [7, 11) is 0. The molecule has 0 saturated carbocycles. The average molecular weight is 201 g/mol. The Morgan fingerprint density at radius 1 is 1.20 bits per heavy atom. The molecule has 0 amide bonds. The molecule has 1 aliphatic heterocycles. The molecule has 0 spiro atoms. The third kappa shape index (κ3) is 2.28. The molecule has 15 heavy (non-hydrogen) atoms. The third-order valence-electron chi connectivity index (χ3n) is 2.90. The van der Waals surface area contributed by atoms with E-state index in [2.05, 4.69) is 11.0 Å². The lowest BCUT2D eigenvalue weighted by Crippen LogP contribution is -2.39. The summed E-state index contributed by atoms with van der Waals surface area (Å²) in [5.74, 6) is 0. The highest BCUT2D eigenvalue weighted by atomic mass is 15.1. The molecule has 1 fully saturated rings. The number of rotatable bonds is 1. The molecule has 1 heterocycles. The van der Waals surface area contributed by atoms with Crippen molar-refractivity contribution in [3.63, 3.8) is 0 Å². The number of hydrogen-bond acceptors (Lipinski definition) is 3. The van der Waals surface area contributed by atoms with Crippen molar-refractivity contribution in [1.82, 2.24) is 0 Å². The molecule has 0 aliphatic carbocycles. The minimum absolute atomic E-state index is 0.361. The van der Waals surface area contributed by atoms with Crippen molar-refractivity contribution in [3.8, 4) is 6.07 Å². The van der Waals surface area contributed by atoms with E-state index >= 15 is 0 Å². The average Bonchev–Trinajstić information content (AvgIpc) is 2.30. The molecule has 3 nitrogen and oxygen atoms in total. The Hall–Kier alpha value is -1.53. The van der Waals surface area contributed by atoms with Crippen molar-refractivity contribution >= 4 is 5.69 Å². The van der Waals surface area contributed by atoms with Gasteiger partial charge in [0.2, 0.25) is 0 Å². The van der Waals surface area contributed by atoms with Gasteiger partial charge in [-0.25, -0.2) is 0 Å². The standard InChI is InChI=1S/C12H15N3/c13-9-10-1-3-12(4-2-10)15-7-5-11(14)6-8-15/h1-4,11H,5-8,14H2. The van der Waals surface area contributed by atoms with Crippen molar-refractivity contribution in [2.75, 3.05) is 18.0 Å². The van der Waals surface area contributed by atoms with Crippen LogP contribution in [0.2, 0.25) is 0 Å². The van der Waals surface area contributed by atoms with Crippen molar-refractivity contribution < 1.29 is 0 Å². The fourth-order valence-electron chi connectivity index (χ4n) is 1.90. The Kier molecular flexibility index (Phi) is 2.89. The first kappa shape index (κ1) is 10.0. The van der Waals surface area contributed by atoms with Gasteiger partial charge in [-0.15, -0.1) is 0 Å². The van der Waals surface area contributed by atoms with Gasteiger partial charge in [0.1, 0.15) is 0 Å². The quantitative estimate of drug-likeness (QED) is 0.749. The summed E-state index contributed by atoms with van der Waals surface area (Å²) < 4.78 is 0. The van der Waals surface area contributed by atoms with Crippen LogP contribution >= 0.6 is 0 Å². The number of benzene rings is 1. The highest BCUT2D eigenvalue weighted by Gasteiger charge is 2.15. The maximum atomic E-state index is 8.69. The number of nitrogens with two attached hydrogens (primary N) is 1. The molecular formula is C12H15N3. The molecule has 1 saturated heterocycles. The molecule has 0 bridgehead atoms. The number of hydrogen-bond donors (Lipinski definition) is 1. The summed E-state index contributed by atoms with van der Waals surface area (Å²) in [6.45, 7) is 2.04. The van der Waals surface area contributed by atoms with Crippen LogP contribution in [0.5, 0.6) is 0 Å². The van der Waals surface area contributed by atoms with Crippen LogP contribution in [-0.2, 0) is 0 Å². The van der Waals surface area contributed by atoms with Gasteiger partial charge < -0.3 is 10.6 Å². The van der Waals surface area contributed by atoms with Crippen LogP contribution in [0.25, 0.3) is 0 Å². The van der Waals surface area contributed by atoms with Gasteiger partial charge in [-0.05, 0) is 37.1 Å². The van der Waals surface area contributed by atoms with E-state index in [4.69, 9.17) is 11.0 Å². The maximum Gasteiger partial charge on any atom is 0.0991 e. The molecule has 0 unspecified atom stereocenters. The monoisotopic (exact) mass is 201 g/mol. The van der Waals surface area contributed by atoms with Crippen LogP contribution in [0.15, 0.2) is 24.3 Å². The fraction of sp³-hybridized carbons (Fsp3) is 0.417. The molecule has 1 aromatic carbocycles. The Morgan fingerprint density at radius 2 is 1.80 bits per heavy atom. The lowest BCUT2D eigenvalue weighted by atomic mass is 10.1. The zero-order chi connectivity index (χ0) is 10.7.